The molecule has 1 aromatic heterocycles. The second-order valence-corrected chi connectivity index (χ2v) is 6.09. The molecule has 2 aliphatic rings. The average Bonchev–Trinajstić information content (AvgIpc) is 3.31. The molecule has 1 saturated carbocycles. The standard InChI is InChI=1S/C18H17N3O4/c22-17(20-9-11-2-1-5-19-8-11)13-7-14(13)18(23)21-12-3-4-15-16(6-12)25-10-24-15/h1-6,8,13-14H,7,9-10H2,(H,20,22)(H,21,23). The molecule has 0 bridgehead atoms. The number of rotatable bonds is 5. The summed E-state index contributed by atoms with van der Waals surface area (Å²) in [5.74, 6) is 0.455. The Balaban J connectivity index is 1.29. The number of nitrogens with one attached hydrogen (secondary N) is 2. The molecule has 0 radical (unpaired) electrons. The highest BCUT2D eigenvalue weighted by molar-refractivity contribution is 5.99. The third-order valence-corrected chi connectivity index (χ3v) is 4.29. The fraction of sp³-hybridized carbons (Fsp3) is 0.278. The minimum Gasteiger partial charge on any atom is -0.454 e. The van der Waals surface area contributed by atoms with E-state index in [1.807, 2.05) is 12.1 Å². The number of ether oxygens (including phenoxy) is 2. The molecule has 2 heterocycles. The molecule has 2 atom stereocenters. The van der Waals surface area contributed by atoms with Gasteiger partial charge in [-0.25, -0.2) is 0 Å². The number of carbonyl (C=O) groups excluding carboxylic acids is 2. The monoisotopic (exact) mass is 339 g/mol. The van der Waals surface area contributed by atoms with Crippen LogP contribution in [-0.2, 0) is 16.1 Å². The molecule has 1 aliphatic heterocycles. The van der Waals surface area contributed by atoms with Crippen molar-refractivity contribution in [2.75, 3.05) is 12.1 Å². The molecular weight excluding hydrogens is 322 g/mol. The van der Waals surface area contributed by atoms with Crippen LogP contribution < -0.4 is 20.1 Å². The molecule has 4 rings (SSSR count). The second kappa shape index (κ2) is 6.43. The summed E-state index contributed by atoms with van der Waals surface area (Å²) in [4.78, 5) is 28.4. The zero-order chi connectivity index (χ0) is 17.2. The van der Waals surface area contributed by atoms with Gasteiger partial charge in [-0.3, -0.25) is 14.6 Å². The summed E-state index contributed by atoms with van der Waals surface area (Å²) >= 11 is 0. The first kappa shape index (κ1) is 15.4. The lowest BCUT2D eigenvalue weighted by Gasteiger charge is -2.07. The van der Waals surface area contributed by atoms with E-state index >= 15 is 0 Å². The number of nitrogens with zero attached hydrogens (tertiary/aromatic N) is 1. The highest BCUT2D eigenvalue weighted by Crippen LogP contribution is 2.40. The van der Waals surface area contributed by atoms with Gasteiger partial charge in [-0.05, 0) is 30.2 Å². The van der Waals surface area contributed by atoms with E-state index < -0.39 is 0 Å². The van der Waals surface area contributed by atoms with Crippen LogP contribution in [0, 0.1) is 11.8 Å². The van der Waals surface area contributed by atoms with Crippen LogP contribution in [0.3, 0.4) is 0 Å². The Kier molecular flexibility index (Phi) is 3.97. The maximum absolute atomic E-state index is 12.3. The van der Waals surface area contributed by atoms with Gasteiger partial charge in [-0.2, -0.15) is 0 Å². The van der Waals surface area contributed by atoms with Crippen molar-refractivity contribution < 1.29 is 19.1 Å². The lowest BCUT2D eigenvalue weighted by Crippen LogP contribution is -2.27. The fourth-order valence-corrected chi connectivity index (χ4v) is 2.81. The molecule has 7 heteroatoms. The van der Waals surface area contributed by atoms with Crippen molar-refractivity contribution in [1.82, 2.24) is 10.3 Å². The van der Waals surface area contributed by atoms with Gasteiger partial charge in [0.1, 0.15) is 0 Å². The summed E-state index contributed by atoms with van der Waals surface area (Å²) in [6.07, 6.45) is 3.95. The Labute approximate surface area is 144 Å². The molecule has 0 saturated heterocycles. The third kappa shape index (κ3) is 3.40. The first-order valence-corrected chi connectivity index (χ1v) is 8.08. The second-order valence-electron chi connectivity index (χ2n) is 6.09. The van der Waals surface area contributed by atoms with Crippen molar-refractivity contribution in [2.24, 2.45) is 11.8 Å². The van der Waals surface area contributed by atoms with Crippen molar-refractivity contribution >= 4 is 17.5 Å². The molecule has 0 spiro atoms. The summed E-state index contributed by atoms with van der Waals surface area (Å²) in [5.41, 5.74) is 1.56. The van der Waals surface area contributed by atoms with Gasteiger partial charge in [0.2, 0.25) is 18.6 Å². The van der Waals surface area contributed by atoms with Crippen LogP contribution in [0.4, 0.5) is 5.69 Å². The number of benzene rings is 1. The van der Waals surface area contributed by atoms with Gasteiger partial charge < -0.3 is 20.1 Å². The summed E-state index contributed by atoms with van der Waals surface area (Å²) in [5, 5.41) is 5.68. The van der Waals surface area contributed by atoms with E-state index in [1.54, 1.807) is 30.6 Å². The SMILES string of the molecule is O=C(NCc1cccnc1)C1CC1C(=O)Nc1ccc2c(c1)OCO2. The van der Waals surface area contributed by atoms with Crippen LogP contribution in [0.5, 0.6) is 11.5 Å². The largest absolute Gasteiger partial charge is 0.454 e. The van der Waals surface area contributed by atoms with E-state index in [2.05, 4.69) is 15.6 Å². The van der Waals surface area contributed by atoms with Gasteiger partial charge in [-0.15, -0.1) is 0 Å². The molecule has 2 amide bonds. The third-order valence-electron chi connectivity index (χ3n) is 4.29. The number of aromatic nitrogens is 1. The molecule has 1 aliphatic carbocycles. The van der Waals surface area contributed by atoms with E-state index in [1.165, 1.54) is 0 Å². The summed E-state index contributed by atoms with van der Waals surface area (Å²) in [6.45, 7) is 0.605. The van der Waals surface area contributed by atoms with Gasteiger partial charge >= 0.3 is 0 Å². The number of anilines is 1. The van der Waals surface area contributed by atoms with Gasteiger partial charge in [0.25, 0.3) is 0 Å². The van der Waals surface area contributed by atoms with Crippen LogP contribution in [0.25, 0.3) is 0 Å². The normalized spacial score (nSPS) is 20.0. The number of carbonyl (C=O) groups is 2. The number of hydrogen-bond acceptors (Lipinski definition) is 5. The molecule has 7 nitrogen and oxygen atoms in total. The van der Waals surface area contributed by atoms with Crippen LogP contribution in [0.2, 0.25) is 0 Å². The van der Waals surface area contributed by atoms with Crippen LogP contribution in [0.1, 0.15) is 12.0 Å². The highest BCUT2D eigenvalue weighted by atomic mass is 16.7. The number of amides is 2. The van der Waals surface area contributed by atoms with Crippen molar-refractivity contribution in [2.45, 2.75) is 13.0 Å². The zero-order valence-corrected chi connectivity index (χ0v) is 13.4. The fourth-order valence-electron chi connectivity index (χ4n) is 2.81. The van der Waals surface area contributed by atoms with Crippen molar-refractivity contribution in [1.29, 1.82) is 0 Å². The molecular formula is C18H17N3O4. The van der Waals surface area contributed by atoms with E-state index in [4.69, 9.17) is 9.47 Å². The van der Waals surface area contributed by atoms with Gasteiger partial charge in [-0.1, -0.05) is 6.07 Å². The molecule has 1 fully saturated rings. The van der Waals surface area contributed by atoms with Crippen LogP contribution >= 0.6 is 0 Å². The molecule has 2 aromatic rings. The minimum absolute atomic E-state index is 0.102. The van der Waals surface area contributed by atoms with E-state index in [-0.39, 0.29) is 30.4 Å². The number of fused-ring (bicyclic) bond motifs is 1. The molecule has 2 unspecified atom stereocenters. The molecule has 2 N–H and O–H groups in total. The summed E-state index contributed by atoms with van der Waals surface area (Å²) < 4.78 is 10.5. The van der Waals surface area contributed by atoms with E-state index in [0.29, 0.717) is 30.2 Å². The lowest BCUT2D eigenvalue weighted by molar-refractivity contribution is -0.125. The molecule has 25 heavy (non-hydrogen) atoms. The van der Waals surface area contributed by atoms with Gasteiger partial charge in [0.15, 0.2) is 11.5 Å². The van der Waals surface area contributed by atoms with Crippen molar-refractivity contribution in [3.05, 3.63) is 48.3 Å². The maximum Gasteiger partial charge on any atom is 0.231 e. The topological polar surface area (TPSA) is 89.6 Å². The Morgan fingerprint density at radius 2 is 1.96 bits per heavy atom. The minimum atomic E-state index is -0.292. The van der Waals surface area contributed by atoms with E-state index in [9.17, 15) is 9.59 Å². The van der Waals surface area contributed by atoms with Crippen molar-refractivity contribution in [3.8, 4) is 11.5 Å². The predicted molar refractivity (Wildman–Crippen MR) is 88.9 cm³/mol. The highest BCUT2D eigenvalue weighted by Gasteiger charge is 2.47. The first-order valence-electron chi connectivity index (χ1n) is 8.08. The number of hydrogen-bond donors (Lipinski definition) is 2. The average molecular weight is 339 g/mol. The smallest absolute Gasteiger partial charge is 0.231 e. The van der Waals surface area contributed by atoms with Crippen molar-refractivity contribution in [3.63, 3.8) is 0 Å². The molecule has 1 aromatic carbocycles. The quantitative estimate of drug-likeness (QED) is 0.865. The Morgan fingerprint density at radius 1 is 1.12 bits per heavy atom. The maximum atomic E-state index is 12.3. The Morgan fingerprint density at radius 3 is 2.80 bits per heavy atom. The number of pyridine rings is 1. The lowest BCUT2D eigenvalue weighted by atomic mass is 10.2. The summed E-state index contributed by atoms with van der Waals surface area (Å²) in [6, 6.07) is 8.94. The van der Waals surface area contributed by atoms with Crippen LogP contribution in [-0.4, -0.2) is 23.6 Å². The predicted octanol–water partition coefficient (Wildman–Crippen LogP) is 1.70. The first-order chi connectivity index (χ1) is 12.2. The molecule has 128 valence electrons. The summed E-state index contributed by atoms with van der Waals surface area (Å²) in [7, 11) is 0. The Hall–Kier alpha value is -3.09. The zero-order valence-electron chi connectivity index (χ0n) is 13.4. The van der Waals surface area contributed by atoms with Crippen LogP contribution in [0.15, 0.2) is 42.7 Å². The van der Waals surface area contributed by atoms with E-state index in [0.717, 1.165) is 5.56 Å². The van der Waals surface area contributed by atoms with Gasteiger partial charge in [0.05, 0.1) is 11.8 Å². The van der Waals surface area contributed by atoms with Gasteiger partial charge in [0, 0.05) is 30.7 Å². The Bertz CT molecular complexity index is 809.